The summed E-state index contributed by atoms with van der Waals surface area (Å²) in [6.45, 7) is 2.76. The minimum Gasteiger partial charge on any atom is -0.396 e. The van der Waals surface area contributed by atoms with E-state index >= 15 is 0 Å². The number of carbonyl (C=O) groups is 1. The zero-order chi connectivity index (χ0) is 15.1. The average Bonchev–Trinajstić information content (AvgIpc) is 2.52. The summed E-state index contributed by atoms with van der Waals surface area (Å²) in [7, 11) is 0. The third-order valence-electron chi connectivity index (χ3n) is 4.36. The minimum atomic E-state index is -0.106. The Kier molecular flexibility index (Phi) is 5.57. The van der Waals surface area contributed by atoms with Crippen LogP contribution in [0.4, 0.5) is 0 Å². The first kappa shape index (κ1) is 15.8. The molecular weight excluding hydrogens is 262 g/mol. The van der Waals surface area contributed by atoms with Crippen molar-refractivity contribution in [2.75, 3.05) is 13.2 Å². The predicted octanol–water partition coefficient (Wildman–Crippen LogP) is 3.07. The van der Waals surface area contributed by atoms with Crippen LogP contribution in [-0.4, -0.2) is 24.2 Å². The molecule has 0 radical (unpaired) electrons. The van der Waals surface area contributed by atoms with E-state index in [0.29, 0.717) is 6.54 Å². The van der Waals surface area contributed by atoms with Gasteiger partial charge in [-0.2, -0.15) is 0 Å². The molecule has 0 bridgehead atoms. The van der Waals surface area contributed by atoms with Gasteiger partial charge in [0.2, 0.25) is 5.91 Å². The lowest BCUT2D eigenvalue weighted by atomic mass is 9.74. The third-order valence-corrected chi connectivity index (χ3v) is 4.36. The number of benzene rings is 1. The highest BCUT2D eigenvalue weighted by molar-refractivity contribution is 5.91. The summed E-state index contributed by atoms with van der Waals surface area (Å²) in [5.74, 6) is -0.0881. The van der Waals surface area contributed by atoms with Crippen molar-refractivity contribution in [1.82, 2.24) is 5.32 Å². The number of aliphatic hydroxyl groups excluding tert-OH is 1. The lowest BCUT2D eigenvalue weighted by molar-refractivity contribution is -0.117. The highest BCUT2D eigenvalue weighted by atomic mass is 16.3. The summed E-state index contributed by atoms with van der Waals surface area (Å²) in [6.07, 6.45) is 8.95. The van der Waals surface area contributed by atoms with Gasteiger partial charge in [0.1, 0.15) is 0 Å². The van der Waals surface area contributed by atoms with Crippen LogP contribution in [-0.2, 0) is 4.79 Å². The molecule has 114 valence electrons. The standard InChI is InChI=1S/C18H25NO2/c1-15-6-5-7-16(12-15)8-9-17(21)19-13-18(14-20)10-3-2-4-11-18/h5-9,12,20H,2-4,10-11,13-14H2,1H3,(H,19,21)/b9-8+. The van der Waals surface area contributed by atoms with E-state index in [1.54, 1.807) is 6.08 Å². The minimum absolute atomic E-state index is 0.0881. The predicted molar refractivity (Wildman–Crippen MR) is 85.8 cm³/mol. The van der Waals surface area contributed by atoms with Crippen LogP contribution in [0.1, 0.15) is 43.2 Å². The summed E-state index contributed by atoms with van der Waals surface area (Å²) in [4.78, 5) is 11.9. The SMILES string of the molecule is Cc1cccc(/C=C/C(=O)NCC2(CO)CCCCC2)c1. The molecule has 1 aromatic carbocycles. The molecule has 0 spiro atoms. The van der Waals surface area contributed by atoms with Crippen molar-refractivity contribution in [2.45, 2.75) is 39.0 Å². The van der Waals surface area contributed by atoms with E-state index < -0.39 is 0 Å². The Morgan fingerprint density at radius 1 is 1.33 bits per heavy atom. The summed E-state index contributed by atoms with van der Waals surface area (Å²) >= 11 is 0. The fourth-order valence-corrected chi connectivity index (χ4v) is 2.97. The molecule has 1 aliphatic carbocycles. The molecule has 1 fully saturated rings. The Balaban J connectivity index is 1.86. The highest BCUT2D eigenvalue weighted by Gasteiger charge is 2.31. The number of aryl methyl sites for hydroxylation is 1. The molecule has 1 amide bonds. The number of aliphatic hydroxyl groups is 1. The van der Waals surface area contributed by atoms with Gasteiger partial charge in [0.15, 0.2) is 0 Å². The Hall–Kier alpha value is -1.61. The second kappa shape index (κ2) is 7.41. The van der Waals surface area contributed by atoms with Crippen molar-refractivity contribution in [3.05, 3.63) is 41.5 Å². The average molecular weight is 287 g/mol. The number of nitrogens with one attached hydrogen (secondary N) is 1. The Bertz CT molecular complexity index is 502. The Morgan fingerprint density at radius 2 is 2.10 bits per heavy atom. The lowest BCUT2D eigenvalue weighted by Crippen LogP contribution is -2.40. The van der Waals surface area contributed by atoms with Gasteiger partial charge in [0, 0.05) is 18.0 Å². The van der Waals surface area contributed by atoms with Gasteiger partial charge in [-0.05, 0) is 31.4 Å². The number of hydrogen-bond donors (Lipinski definition) is 2. The van der Waals surface area contributed by atoms with Crippen molar-refractivity contribution in [2.24, 2.45) is 5.41 Å². The maximum atomic E-state index is 11.9. The molecule has 3 nitrogen and oxygen atoms in total. The lowest BCUT2D eigenvalue weighted by Gasteiger charge is -2.35. The fourth-order valence-electron chi connectivity index (χ4n) is 2.97. The molecule has 0 aromatic heterocycles. The van der Waals surface area contributed by atoms with Gasteiger partial charge >= 0.3 is 0 Å². The van der Waals surface area contributed by atoms with Crippen LogP contribution in [0.15, 0.2) is 30.3 Å². The number of rotatable bonds is 5. The first-order valence-electron chi connectivity index (χ1n) is 7.77. The molecule has 0 aliphatic heterocycles. The Labute approximate surface area is 127 Å². The molecule has 2 rings (SSSR count). The largest absolute Gasteiger partial charge is 0.396 e. The Morgan fingerprint density at radius 3 is 2.76 bits per heavy atom. The van der Waals surface area contributed by atoms with Gasteiger partial charge < -0.3 is 10.4 Å². The summed E-state index contributed by atoms with van der Waals surface area (Å²) in [5, 5.41) is 12.6. The second-order valence-corrected chi connectivity index (χ2v) is 6.18. The van der Waals surface area contributed by atoms with Gasteiger partial charge in [-0.1, -0.05) is 49.1 Å². The van der Waals surface area contributed by atoms with Crippen molar-refractivity contribution < 1.29 is 9.90 Å². The summed E-state index contributed by atoms with van der Waals surface area (Å²) < 4.78 is 0. The van der Waals surface area contributed by atoms with Gasteiger partial charge in [-0.15, -0.1) is 0 Å². The zero-order valence-corrected chi connectivity index (χ0v) is 12.8. The molecular formula is C18H25NO2. The highest BCUT2D eigenvalue weighted by Crippen LogP contribution is 2.35. The van der Waals surface area contributed by atoms with Crippen LogP contribution in [0, 0.1) is 12.3 Å². The number of carbonyl (C=O) groups excluding carboxylic acids is 1. The van der Waals surface area contributed by atoms with Crippen LogP contribution in [0.3, 0.4) is 0 Å². The van der Waals surface area contributed by atoms with Crippen LogP contribution < -0.4 is 5.32 Å². The van der Waals surface area contributed by atoms with Crippen LogP contribution in [0.2, 0.25) is 0 Å². The van der Waals surface area contributed by atoms with Crippen LogP contribution in [0.5, 0.6) is 0 Å². The molecule has 0 unspecified atom stereocenters. The maximum Gasteiger partial charge on any atom is 0.244 e. The fraction of sp³-hybridized carbons (Fsp3) is 0.500. The van der Waals surface area contributed by atoms with E-state index in [9.17, 15) is 9.90 Å². The van der Waals surface area contributed by atoms with Crippen LogP contribution in [0.25, 0.3) is 6.08 Å². The molecule has 21 heavy (non-hydrogen) atoms. The van der Waals surface area contributed by atoms with Crippen molar-refractivity contribution in [1.29, 1.82) is 0 Å². The molecule has 1 saturated carbocycles. The summed E-state index contributed by atoms with van der Waals surface area (Å²) in [5.41, 5.74) is 2.10. The molecule has 1 aliphatic rings. The van der Waals surface area contributed by atoms with Gasteiger partial charge in [0.25, 0.3) is 0 Å². The van der Waals surface area contributed by atoms with E-state index in [1.165, 1.54) is 12.0 Å². The second-order valence-electron chi connectivity index (χ2n) is 6.18. The number of amides is 1. The molecule has 0 atom stereocenters. The molecule has 3 heteroatoms. The first-order chi connectivity index (χ1) is 10.1. The zero-order valence-electron chi connectivity index (χ0n) is 12.8. The van der Waals surface area contributed by atoms with Gasteiger partial charge in [-0.3, -0.25) is 4.79 Å². The molecule has 0 heterocycles. The van der Waals surface area contributed by atoms with Gasteiger partial charge in [0.05, 0.1) is 6.61 Å². The topological polar surface area (TPSA) is 49.3 Å². The van der Waals surface area contributed by atoms with Crippen LogP contribution >= 0.6 is 0 Å². The van der Waals surface area contributed by atoms with Crippen molar-refractivity contribution >= 4 is 12.0 Å². The van der Waals surface area contributed by atoms with Crippen molar-refractivity contribution in [3.63, 3.8) is 0 Å². The smallest absolute Gasteiger partial charge is 0.244 e. The quantitative estimate of drug-likeness (QED) is 0.818. The van der Waals surface area contributed by atoms with E-state index in [2.05, 4.69) is 5.32 Å². The van der Waals surface area contributed by atoms with Crippen molar-refractivity contribution in [3.8, 4) is 0 Å². The van der Waals surface area contributed by atoms with E-state index in [1.807, 2.05) is 37.3 Å². The normalized spacial score (nSPS) is 17.8. The first-order valence-corrected chi connectivity index (χ1v) is 7.77. The molecule has 1 aromatic rings. The van der Waals surface area contributed by atoms with Gasteiger partial charge in [-0.25, -0.2) is 0 Å². The van der Waals surface area contributed by atoms with E-state index in [4.69, 9.17) is 0 Å². The summed E-state index contributed by atoms with van der Waals surface area (Å²) in [6, 6.07) is 8.04. The number of hydrogen-bond acceptors (Lipinski definition) is 2. The molecule has 0 saturated heterocycles. The van der Waals surface area contributed by atoms with E-state index in [0.717, 1.165) is 31.2 Å². The third kappa shape index (κ3) is 4.71. The van der Waals surface area contributed by atoms with E-state index in [-0.39, 0.29) is 17.9 Å². The molecule has 2 N–H and O–H groups in total. The maximum absolute atomic E-state index is 11.9. The monoisotopic (exact) mass is 287 g/mol.